The van der Waals surface area contributed by atoms with Gasteiger partial charge in [-0.25, -0.2) is 4.98 Å². The molecule has 3 aromatic heterocycles. The van der Waals surface area contributed by atoms with Crippen molar-refractivity contribution in [2.45, 2.75) is 13.3 Å². The third-order valence-electron chi connectivity index (χ3n) is 7.99. The van der Waals surface area contributed by atoms with E-state index in [2.05, 4.69) is 105 Å². The topological polar surface area (TPSA) is 94.6 Å². The standard InChI is InChI=1S/C36H40N4O3.CH3NO/c1-28-24-33(43-23-22-42-21-20-41-2)27-36(37-28)39-18-16-38(17-19-39)31-13-11-29(12-14-31)25-35-34(30-8-4-3-5-9-30)26-32-10-6-7-15-40(32)35;2-1-3/h3-15,24,26-27H,16-23,25H2,1-2H3;1H,(H2,2,3). The number of pyridine rings is 2. The van der Waals surface area contributed by atoms with Crippen molar-refractivity contribution in [3.05, 3.63) is 114 Å². The van der Waals surface area contributed by atoms with Crippen LogP contribution >= 0.6 is 0 Å². The van der Waals surface area contributed by atoms with E-state index in [4.69, 9.17) is 24.0 Å². The zero-order chi connectivity index (χ0) is 32.1. The predicted octanol–water partition coefficient (Wildman–Crippen LogP) is 5.37. The van der Waals surface area contributed by atoms with Crippen molar-refractivity contribution in [3.63, 3.8) is 0 Å². The number of primary amides is 1. The van der Waals surface area contributed by atoms with Gasteiger partial charge in [-0.1, -0.05) is 48.5 Å². The zero-order valence-electron chi connectivity index (χ0n) is 26.7. The van der Waals surface area contributed by atoms with E-state index in [1.165, 1.54) is 33.6 Å². The van der Waals surface area contributed by atoms with Crippen molar-refractivity contribution >= 4 is 23.4 Å². The van der Waals surface area contributed by atoms with Gasteiger partial charge in [-0.3, -0.25) is 4.79 Å². The Balaban J connectivity index is 0.00000134. The molecule has 5 aromatic rings. The number of aromatic nitrogens is 2. The van der Waals surface area contributed by atoms with Gasteiger partial charge in [-0.15, -0.1) is 0 Å². The number of benzene rings is 2. The summed E-state index contributed by atoms with van der Waals surface area (Å²) >= 11 is 0. The lowest BCUT2D eigenvalue weighted by molar-refractivity contribution is -0.106. The minimum absolute atomic E-state index is 0.250. The quantitative estimate of drug-likeness (QED) is 0.148. The lowest BCUT2D eigenvalue weighted by atomic mass is 10.0. The number of rotatable bonds is 12. The highest BCUT2D eigenvalue weighted by atomic mass is 16.5. The van der Waals surface area contributed by atoms with E-state index < -0.39 is 0 Å². The second-order valence-corrected chi connectivity index (χ2v) is 11.1. The van der Waals surface area contributed by atoms with Gasteiger partial charge in [-0.05, 0) is 48.4 Å². The summed E-state index contributed by atoms with van der Waals surface area (Å²) < 4.78 is 18.8. The van der Waals surface area contributed by atoms with Crippen LogP contribution in [0.3, 0.4) is 0 Å². The number of carbonyl (C=O) groups excluding carboxylic acids is 1. The van der Waals surface area contributed by atoms with Crippen LogP contribution < -0.4 is 20.3 Å². The highest BCUT2D eigenvalue weighted by Crippen LogP contribution is 2.30. The Morgan fingerprint density at radius 2 is 1.52 bits per heavy atom. The van der Waals surface area contributed by atoms with Crippen LogP contribution in [0.15, 0.2) is 97.2 Å². The number of piperazine rings is 1. The average molecular weight is 622 g/mol. The lowest BCUT2D eigenvalue weighted by Crippen LogP contribution is -2.46. The van der Waals surface area contributed by atoms with E-state index in [0.29, 0.717) is 26.4 Å². The Labute approximate surface area is 271 Å². The fourth-order valence-corrected chi connectivity index (χ4v) is 5.77. The number of hydrogen-bond donors (Lipinski definition) is 1. The fourth-order valence-electron chi connectivity index (χ4n) is 5.77. The van der Waals surface area contributed by atoms with E-state index >= 15 is 0 Å². The van der Waals surface area contributed by atoms with Crippen LogP contribution in [-0.4, -0.2) is 75.5 Å². The summed E-state index contributed by atoms with van der Waals surface area (Å²) in [5.41, 5.74) is 12.8. The minimum Gasteiger partial charge on any atom is -0.491 e. The molecular formula is C37H43N5O4. The summed E-state index contributed by atoms with van der Waals surface area (Å²) in [4.78, 5) is 18.2. The second-order valence-electron chi connectivity index (χ2n) is 11.1. The smallest absolute Gasteiger partial charge is 0.204 e. The summed E-state index contributed by atoms with van der Waals surface area (Å²) in [5, 5.41) is 0. The molecule has 1 aliphatic heterocycles. The zero-order valence-corrected chi connectivity index (χ0v) is 26.7. The van der Waals surface area contributed by atoms with Crippen LogP contribution in [0.4, 0.5) is 11.5 Å². The van der Waals surface area contributed by atoms with Gasteiger partial charge >= 0.3 is 0 Å². The highest BCUT2D eigenvalue weighted by molar-refractivity contribution is 5.74. The van der Waals surface area contributed by atoms with Crippen LogP contribution in [-0.2, 0) is 20.7 Å². The molecule has 1 saturated heterocycles. The molecule has 9 nitrogen and oxygen atoms in total. The number of amides is 1. The van der Waals surface area contributed by atoms with Crippen LogP contribution in [0.1, 0.15) is 17.0 Å². The van der Waals surface area contributed by atoms with E-state index in [1.807, 2.05) is 19.1 Å². The number of fused-ring (bicyclic) bond motifs is 1. The van der Waals surface area contributed by atoms with Gasteiger partial charge in [0, 0.05) is 86.2 Å². The number of methoxy groups -OCH3 is 1. The molecule has 9 heteroatoms. The maximum atomic E-state index is 8.58. The molecule has 1 fully saturated rings. The van der Waals surface area contributed by atoms with Gasteiger partial charge in [0.15, 0.2) is 0 Å². The molecule has 2 N–H and O–H groups in total. The largest absolute Gasteiger partial charge is 0.491 e. The summed E-state index contributed by atoms with van der Waals surface area (Å²) in [7, 11) is 1.67. The Hall–Kier alpha value is -4.86. The average Bonchev–Trinajstić information content (AvgIpc) is 3.45. The monoisotopic (exact) mass is 621 g/mol. The first-order chi connectivity index (χ1) is 22.6. The van der Waals surface area contributed by atoms with Crippen molar-refractivity contribution in [1.82, 2.24) is 9.38 Å². The number of carbonyl (C=O) groups is 1. The third-order valence-corrected chi connectivity index (χ3v) is 7.99. The molecule has 0 spiro atoms. The third kappa shape index (κ3) is 8.44. The van der Waals surface area contributed by atoms with E-state index in [-0.39, 0.29) is 6.41 Å². The van der Waals surface area contributed by atoms with E-state index in [0.717, 1.165) is 49.9 Å². The molecule has 1 amide bonds. The van der Waals surface area contributed by atoms with Crippen molar-refractivity contribution < 1.29 is 19.0 Å². The van der Waals surface area contributed by atoms with Gasteiger partial charge in [0.1, 0.15) is 18.2 Å². The van der Waals surface area contributed by atoms with E-state index in [9.17, 15) is 0 Å². The number of nitrogens with two attached hydrogens (primary N) is 1. The molecule has 46 heavy (non-hydrogen) atoms. The number of nitrogens with zero attached hydrogens (tertiary/aromatic N) is 4. The molecule has 240 valence electrons. The second kappa shape index (κ2) is 16.5. The summed E-state index contributed by atoms with van der Waals surface area (Å²) in [6, 6.07) is 32.5. The molecule has 0 saturated carbocycles. The first-order valence-corrected chi connectivity index (χ1v) is 15.7. The van der Waals surface area contributed by atoms with Crippen LogP contribution in [0.5, 0.6) is 5.75 Å². The Morgan fingerprint density at radius 3 is 2.26 bits per heavy atom. The predicted molar refractivity (Wildman–Crippen MR) is 184 cm³/mol. The summed E-state index contributed by atoms with van der Waals surface area (Å²) in [6.07, 6.45) is 3.29. The number of aryl methyl sites for hydroxylation is 1. The van der Waals surface area contributed by atoms with Crippen molar-refractivity contribution in [3.8, 4) is 16.9 Å². The molecule has 4 heterocycles. The van der Waals surface area contributed by atoms with Crippen molar-refractivity contribution in [2.75, 3.05) is 69.5 Å². The Kier molecular flexibility index (Phi) is 11.6. The molecule has 0 atom stereocenters. The van der Waals surface area contributed by atoms with Crippen molar-refractivity contribution in [2.24, 2.45) is 5.73 Å². The summed E-state index contributed by atoms with van der Waals surface area (Å²) in [5.74, 6) is 1.81. The van der Waals surface area contributed by atoms with Crippen LogP contribution in [0.25, 0.3) is 16.6 Å². The fraction of sp³-hybridized carbons (Fsp3) is 0.297. The SMILES string of the molecule is COCCOCCOc1cc(C)nc(N2CCN(c3ccc(Cc4c(-c5ccccc5)cc5ccccn45)cc3)CC2)c1.NC=O. The van der Waals surface area contributed by atoms with Gasteiger partial charge in [0.25, 0.3) is 0 Å². The van der Waals surface area contributed by atoms with E-state index in [1.54, 1.807) is 7.11 Å². The molecule has 0 unspecified atom stereocenters. The molecule has 1 aliphatic rings. The number of anilines is 2. The Bertz CT molecular complexity index is 1670. The molecule has 2 aromatic carbocycles. The van der Waals surface area contributed by atoms with Crippen molar-refractivity contribution in [1.29, 1.82) is 0 Å². The van der Waals surface area contributed by atoms with Gasteiger partial charge < -0.3 is 34.1 Å². The molecular weight excluding hydrogens is 578 g/mol. The molecule has 0 bridgehead atoms. The van der Waals surface area contributed by atoms with Gasteiger partial charge in [0.2, 0.25) is 6.41 Å². The number of hydrogen-bond acceptors (Lipinski definition) is 7. The minimum atomic E-state index is 0.250. The van der Waals surface area contributed by atoms with Gasteiger partial charge in [0.05, 0.1) is 19.8 Å². The molecule has 0 radical (unpaired) electrons. The lowest BCUT2D eigenvalue weighted by Gasteiger charge is -2.37. The summed E-state index contributed by atoms with van der Waals surface area (Å²) in [6.45, 7) is 7.94. The maximum absolute atomic E-state index is 8.58. The molecule has 6 rings (SSSR count). The first kappa shape index (κ1) is 32.5. The van der Waals surface area contributed by atoms with Crippen LogP contribution in [0.2, 0.25) is 0 Å². The first-order valence-electron chi connectivity index (χ1n) is 15.7. The number of ether oxygens (including phenoxy) is 3. The maximum Gasteiger partial charge on any atom is 0.204 e. The highest BCUT2D eigenvalue weighted by Gasteiger charge is 2.20. The van der Waals surface area contributed by atoms with Gasteiger partial charge in [-0.2, -0.15) is 0 Å². The molecule has 0 aliphatic carbocycles. The normalized spacial score (nSPS) is 12.9. The Morgan fingerprint density at radius 1 is 0.826 bits per heavy atom. The van der Waals surface area contributed by atoms with Crippen LogP contribution in [0, 0.1) is 6.92 Å².